The van der Waals surface area contributed by atoms with Gasteiger partial charge >= 0.3 is 0 Å². The Kier molecular flexibility index (Phi) is 5.11. The van der Waals surface area contributed by atoms with Crippen LogP contribution in [-0.2, 0) is 6.54 Å². The van der Waals surface area contributed by atoms with Gasteiger partial charge in [-0.15, -0.1) is 0 Å². The van der Waals surface area contributed by atoms with E-state index < -0.39 is 0 Å². The highest BCUT2D eigenvalue weighted by Gasteiger charge is 2.19. The van der Waals surface area contributed by atoms with Gasteiger partial charge in [-0.3, -0.25) is 9.89 Å². The van der Waals surface area contributed by atoms with Gasteiger partial charge in [-0.2, -0.15) is 5.10 Å². The number of halogens is 1. The third-order valence-corrected chi connectivity index (χ3v) is 4.44. The lowest BCUT2D eigenvalue weighted by Gasteiger charge is -2.10. The predicted octanol–water partition coefficient (Wildman–Crippen LogP) is 4.40. The summed E-state index contributed by atoms with van der Waals surface area (Å²) in [6, 6.07) is 13.2. The van der Waals surface area contributed by atoms with Crippen LogP contribution in [0.3, 0.4) is 0 Å². The van der Waals surface area contributed by atoms with Crippen LogP contribution in [0.2, 0.25) is 0 Å². The van der Waals surface area contributed by atoms with Gasteiger partial charge in [0, 0.05) is 0 Å². The summed E-state index contributed by atoms with van der Waals surface area (Å²) in [6.45, 7) is 0.269. The first kappa shape index (κ1) is 18.5. The van der Waals surface area contributed by atoms with Gasteiger partial charge in [0.05, 0.1) is 42.1 Å². The average Bonchev–Trinajstić information content (AvgIpc) is 3.39. The van der Waals surface area contributed by atoms with E-state index in [2.05, 4.69) is 15.5 Å². The van der Waals surface area contributed by atoms with Crippen molar-refractivity contribution in [3.63, 3.8) is 0 Å². The van der Waals surface area contributed by atoms with Crippen molar-refractivity contribution >= 4 is 29.0 Å². The molecule has 0 aliphatic carbocycles. The molecule has 0 radical (unpaired) electrons. The molecule has 0 aliphatic rings. The molecule has 1 amide bonds. The molecule has 0 saturated heterocycles. The standard InChI is InChI=1S/C22H18FN3O3/c1-28-21-17(22(27)24-13-16-6-3-11-29-16)8-10-19-20(21)18(25-26-19)9-7-14-4-2-5-15(23)12-14/h2-12H,13H2,1H3,(H,24,27)(H,25,26). The summed E-state index contributed by atoms with van der Waals surface area (Å²) in [5.74, 6) is 0.459. The van der Waals surface area contributed by atoms with E-state index in [0.29, 0.717) is 33.7 Å². The number of methoxy groups -OCH3 is 1. The molecule has 2 heterocycles. The molecule has 0 aliphatic heterocycles. The molecular weight excluding hydrogens is 373 g/mol. The Labute approximate surface area is 166 Å². The van der Waals surface area contributed by atoms with E-state index >= 15 is 0 Å². The molecule has 0 saturated carbocycles. The number of hydrogen-bond donors (Lipinski definition) is 2. The fourth-order valence-corrected chi connectivity index (χ4v) is 3.08. The molecule has 6 nitrogen and oxygen atoms in total. The largest absolute Gasteiger partial charge is 0.495 e. The molecule has 0 unspecified atom stereocenters. The number of H-pyrrole nitrogens is 1. The smallest absolute Gasteiger partial charge is 0.255 e. The Hall–Kier alpha value is -3.87. The minimum absolute atomic E-state index is 0.269. The van der Waals surface area contributed by atoms with Gasteiger partial charge in [0.15, 0.2) is 0 Å². The molecule has 2 N–H and O–H groups in total. The van der Waals surface area contributed by atoms with Crippen molar-refractivity contribution in [3.05, 3.63) is 83.2 Å². The maximum absolute atomic E-state index is 13.4. The minimum atomic E-state index is -0.313. The van der Waals surface area contributed by atoms with Gasteiger partial charge < -0.3 is 14.5 Å². The molecule has 4 aromatic rings. The lowest BCUT2D eigenvalue weighted by atomic mass is 10.1. The van der Waals surface area contributed by atoms with Crippen LogP contribution in [0.15, 0.2) is 59.2 Å². The number of benzene rings is 2. The highest BCUT2D eigenvalue weighted by Crippen LogP contribution is 2.32. The summed E-state index contributed by atoms with van der Waals surface area (Å²) in [5, 5.41) is 10.7. The van der Waals surface area contributed by atoms with Crippen LogP contribution < -0.4 is 10.1 Å². The summed E-state index contributed by atoms with van der Waals surface area (Å²) in [5.41, 5.74) is 2.39. The molecule has 0 bridgehead atoms. The average molecular weight is 391 g/mol. The maximum atomic E-state index is 13.4. The molecule has 0 fully saturated rings. The van der Waals surface area contributed by atoms with Gasteiger partial charge in [0.2, 0.25) is 0 Å². The van der Waals surface area contributed by atoms with Crippen molar-refractivity contribution in [2.75, 3.05) is 7.11 Å². The number of fused-ring (bicyclic) bond motifs is 1. The first-order valence-electron chi connectivity index (χ1n) is 8.95. The number of nitrogens with one attached hydrogen (secondary N) is 2. The van der Waals surface area contributed by atoms with Crippen molar-refractivity contribution in [1.29, 1.82) is 0 Å². The van der Waals surface area contributed by atoms with Gasteiger partial charge in [-0.05, 0) is 48.0 Å². The highest BCUT2D eigenvalue weighted by molar-refractivity contribution is 6.05. The number of amides is 1. The van der Waals surface area contributed by atoms with Crippen molar-refractivity contribution in [3.8, 4) is 5.75 Å². The second kappa shape index (κ2) is 8.02. The summed E-state index contributed by atoms with van der Waals surface area (Å²) in [6.07, 6.45) is 5.05. The number of carbonyl (C=O) groups is 1. The minimum Gasteiger partial charge on any atom is -0.495 e. The van der Waals surface area contributed by atoms with Gasteiger partial charge in [-0.1, -0.05) is 18.2 Å². The summed E-state index contributed by atoms with van der Waals surface area (Å²) < 4.78 is 24.2. The Bertz CT molecular complexity index is 1180. The Morgan fingerprint density at radius 2 is 2.14 bits per heavy atom. The molecule has 146 valence electrons. The van der Waals surface area contributed by atoms with Crippen LogP contribution in [0.4, 0.5) is 4.39 Å². The number of carbonyl (C=O) groups excluding carboxylic acids is 1. The van der Waals surface area contributed by atoms with E-state index in [1.807, 2.05) is 0 Å². The molecule has 7 heteroatoms. The molecule has 4 rings (SSSR count). The molecule has 2 aromatic carbocycles. The van der Waals surface area contributed by atoms with Gasteiger partial charge in [0.1, 0.15) is 17.3 Å². The van der Waals surface area contributed by atoms with E-state index in [1.54, 1.807) is 54.8 Å². The normalized spacial score (nSPS) is 11.2. The molecule has 2 aromatic heterocycles. The second-order valence-corrected chi connectivity index (χ2v) is 6.33. The Morgan fingerprint density at radius 1 is 1.24 bits per heavy atom. The van der Waals surface area contributed by atoms with Crippen LogP contribution in [0, 0.1) is 5.82 Å². The molecule has 29 heavy (non-hydrogen) atoms. The molecule has 0 atom stereocenters. The zero-order valence-electron chi connectivity index (χ0n) is 15.6. The number of hydrogen-bond acceptors (Lipinski definition) is 4. The summed E-state index contributed by atoms with van der Waals surface area (Å²) in [7, 11) is 1.51. The van der Waals surface area contributed by atoms with E-state index in [4.69, 9.17) is 9.15 Å². The van der Waals surface area contributed by atoms with Crippen molar-refractivity contribution in [2.24, 2.45) is 0 Å². The zero-order valence-corrected chi connectivity index (χ0v) is 15.6. The molecular formula is C22H18FN3O3. The quantitative estimate of drug-likeness (QED) is 0.510. The number of nitrogens with zero attached hydrogens (tertiary/aromatic N) is 1. The molecule has 0 spiro atoms. The lowest BCUT2D eigenvalue weighted by Crippen LogP contribution is -2.23. The summed E-state index contributed by atoms with van der Waals surface area (Å²) in [4.78, 5) is 12.7. The fraction of sp³-hybridized carbons (Fsp3) is 0.0909. The van der Waals surface area contributed by atoms with Crippen molar-refractivity contribution in [1.82, 2.24) is 15.5 Å². The van der Waals surface area contributed by atoms with Crippen molar-refractivity contribution < 1.29 is 18.3 Å². The number of aromatic amines is 1. The lowest BCUT2D eigenvalue weighted by molar-refractivity contribution is 0.0945. The monoisotopic (exact) mass is 391 g/mol. The highest BCUT2D eigenvalue weighted by atomic mass is 19.1. The topological polar surface area (TPSA) is 80.1 Å². The SMILES string of the molecule is COc1c(C(=O)NCc2ccco2)ccc2[nH]nc(C=Cc3cccc(F)c3)c12. The van der Waals surface area contributed by atoms with E-state index in [0.717, 1.165) is 5.52 Å². The number of rotatable bonds is 6. The van der Waals surface area contributed by atoms with Crippen LogP contribution >= 0.6 is 0 Å². The van der Waals surface area contributed by atoms with E-state index in [1.165, 1.54) is 19.2 Å². The van der Waals surface area contributed by atoms with Crippen molar-refractivity contribution in [2.45, 2.75) is 6.54 Å². The van der Waals surface area contributed by atoms with E-state index in [9.17, 15) is 9.18 Å². The van der Waals surface area contributed by atoms with Crippen LogP contribution in [0.25, 0.3) is 23.1 Å². The third-order valence-electron chi connectivity index (χ3n) is 4.44. The van der Waals surface area contributed by atoms with Crippen LogP contribution in [0.5, 0.6) is 5.75 Å². The summed E-state index contributed by atoms with van der Waals surface area (Å²) >= 11 is 0. The number of aromatic nitrogens is 2. The van der Waals surface area contributed by atoms with Gasteiger partial charge in [-0.25, -0.2) is 4.39 Å². The maximum Gasteiger partial charge on any atom is 0.255 e. The van der Waals surface area contributed by atoms with Crippen LogP contribution in [0.1, 0.15) is 27.4 Å². The van der Waals surface area contributed by atoms with E-state index in [-0.39, 0.29) is 18.3 Å². The predicted molar refractivity (Wildman–Crippen MR) is 108 cm³/mol. The van der Waals surface area contributed by atoms with Gasteiger partial charge in [0.25, 0.3) is 5.91 Å². The number of ether oxygens (including phenoxy) is 1. The Morgan fingerprint density at radius 3 is 2.90 bits per heavy atom. The first-order chi connectivity index (χ1) is 14.2. The second-order valence-electron chi connectivity index (χ2n) is 6.33. The third kappa shape index (κ3) is 3.89. The zero-order chi connectivity index (χ0) is 20.2. The number of furan rings is 1. The van der Waals surface area contributed by atoms with Crippen LogP contribution in [-0.4, -0.2) is 23.2 Å². The first-order valence-corrected chi connectivity index (χ1v) is 8.95. The fourth-order valence-electron chi connectivity index (χ4n) is 3.08. The Balaban J connectivity index is 1.66.